The molecule has 3 rings (SSSR count). The fourth-order valence-electron chi connectivity index (χ4n) is 2.56. The van der Waals surface area contributed by atoms with Gasteiger partial charge >= 0.3 is 0 Å². The van der Waals surface area contributed by atoms with E-state index in [1.807, 2.05) is 18.2 Å². The third kappa shape index (κ3) is 3.07. The molecular weight excluding hydrogens is 286 g/mol. The number of benzene rings is 1. The highest BCUT2D eigenvalue weighted by atomic mass is 32.1. The summed E-state index contributed by atoms with van der Waals surface area (Å²) in [6.45, 7) is 4.88. The molecule has 2 heterocycles. The van der Waals surface area contributed by atoms with Crippen molar-refractivity contribution in [3.05, 3.63) is 41.7 Å². The summed E-state index contributed by atoms with van der Waals surface area (Å²) >= 11 is 1.42. The van der Waals surface area contributed by atoms with Crippen molar-refractivity contribution in [1.29, 1.82) is 0 Å². The van der Waals surface area contributed by atoms with Gasteiger partial charge < -0.3 is 14.4 Å². The van der Waals surface area contributed by atoms with Gasteiger partial charge in [0, 0.05) is 25.2 Å². The molecule has 1 aliphatic rings. The van der Waals surface area contributed by atoms with Crippen molar-refractivity contribution in [1.82, 2.24) is 9.36 Å². The molecule has 1 aromatic heterocycles. The SMILES string of the molecule is COCc1nsc(N2CCOC(C)(c3ccccc3)C2)n1. The Labute approximate surface area is 128 Å². The number of morpholine rings is 1. The monoisotopic (exact) mass is 305 g/mol. The first-order valence-electron chi connectivity index (χ1n) is 6.97. The van der Waals surface area contributed by atoms with Crippen molar-refractivity contribution in [2.24, 2.45) is 0 Å². The third-order valence-electron chi connectivity index (χ3n) is 3.66. The molecule has 1 aromatic carbocycles. The molecule has 0 radical (unpaired) electrons. The first-order chi connectivity index (χ1) is 10.2. The zero-order chi connectivity index (χ0) is 14.7. The second-order valence-corrected chi connectivity index (χ2v) is 6.02. The number of aromatic nitrogens is 2. The number of hydrogen-bond donors (Lipinski definition) is 0. The Morgan fingerprint density at radius 3 is 2.95 bits per heavy atom. The maximum absolute atomic E-state index is 6.05. The maximum Gasteiger partial charge on any atom is 0.205 e. The minimum absolute atomic E-state index is 0.313. The van der Waals surface area contributed by atoms with Gasteiger partial charge in [-0.15, -0.1) is 0 Å². The summed E-state index contributed by atoms with van der Waals surface area (Å²) in [6, 6.07) is 10.3. The van der Waals surface area contributed by atoms with Gasteiger partial charge in [-0.3, -0.25) is 0 Å². The molecule has 0 amide bonds. The zero-order valence-electron chi connectivity index (χ0n) is 12.3. The van der Waals surface area contributed by atoms with Crippen LogP contribution in [0.5, 0.6) is 0 Å². The molecule has 1 aliphatic heterocycles. The van der Waals surface area contributed by atoms with Crippen molar-refractivity contribution in [2.45, 2.75) is 19.1 Å². The number of methoxy groups -OCH3 is 1. The number of ether oxygens (including phenoxy) is 2. The van der Waals surface area contributed by atoms with Gasteiger partial charge in [-0.2, -0.15) is 4.37 Å². The van der Waals surface area contributed by atoms with Crippen LogP contribution in [0, 0.1) is 0 Å². The van der Waals surface area contributed by atoms with Gasteiger partial charge in [0.15, 0.2) is 5.82 Å². The molecule has 21 heavy (non-hydrogen) atoms. The summed E-state index contributed by atoms with van der Waals surface area (Å²) in [7, 11) is 1.65. The molecule has 0 bridgehead atoms. The number of hydrogen-bond acceptors (Lipinski definition) is 6. The smallest absolute Gasteiger partial charge is 0.205 e. The van der Waals surface area contributed by atoms with E-state index in [1.54, 1.807) is 7.11 Å². The van der Waals surface area contributed by atoms with Crippen LogP contribution in [-0.2, 0) is 21.7 Å². The van der Waals surface area contributed by atoms with E-state index >= 15 is 0 Å². The standard InChI is InChI=1S/C15H19N3O2S/c1-15(12-6-4-3-5-7-12)11-18(8-9-20-15)14-16-13(10-19-2)17-21-14/h3-7H,8-11H2,1-2H3. The van der Waals surface area contributed by atoms with Crippen LogP contribution in [0.3, 0.4) is 0 Å². The Hall–Kier alpha value is -1.50. The summed E-state index contributed by atoms with van der Waals surface area (Å²) in [5.74, 6) is 0.741. The Bertz CT molecular complexity index is 590. The van der Waals surface area contributed by atoms with Crippen LogP contribution in [0.1, 0.15) is 18.3 Å². The van der Waals surface area contributed by atoms with Crippen LogP contribution in [0.2, 0.25) is 0 Å². The van der Waals surface area contributed by atoms with Gasteiger partial charge in [-0.05, 0) is 12.5 Å². The molecule has 1 saturated heterocycles. The molecule has 1 unspecified atom stereocenters. The van der Waals surface area contributed by atoms with Gasteiger partial charge in [0.2, 0.25) is 5.13 Å². The van der Waals surface area contributed by atoms with E-state index in [0.717, 1.165) is 24.0 Å². The topological polar surface area (TPSA) is 47.5 Å². The molecule has 1 atom stereocenters. The van der Waals surface area contributed by atoms with E-state index in [4.69, 9.17) is 9.47 Å². The second kappa shape index (κ2) is 6.09. The van der Waals surface area contributed by atoms with Gasteiger partial charge in [0.1, 0.15) is 12.2 Å². The van der Waals surface area contributed by atoms with Crippen molar-refractivity contribution < 1.29 is 9.47 Å². The van der Waals surface area contributed by atoms with Crippen molar-refractivity contribution >= 4 is 16.7 Å². The van der Waals surface area contributed by atoms with Crippen LogP contribution in [-0.4, -0.2) is 36.2 Å². The fraction of sp³-hybridized carbons (Fsp3) is 0.467. The molecule has 0 N–H and O–H groups in total. The maximum atomic E-state index is 6.05. The zero-order valence-corrected chi connectivity index (χ0v) is 13.1. The molecule has 0 spiro atoms. The van der Waals surface area contributed by atoms with Gasteiger partial charge in [0.05, 0.1) is 13.2 Å². The lowest BCUT2D eigenvalue weighted by Crippen LogP contribution is -2.48. The molecule has 0 aliphatic carbocycles. The van der Waals surface area contributed by atoms with E-state index < -0.39 is 0 Å². The first kappa shape index (κ1) is 14.4. The molecule has 6 heteroatoms. The number of nitrogens with zero attached hydrogens (tertiary/aromatic N) is 3. The molecule has 0 saturated carbocycles. The Balaban J connectivity index is 1.79. The van der Waals surface area contributed by atoms with Crippen molar-refractivity contribution in [3.8, 4) is 0 Å². The first-order valence-corrected chi connectivity index (χ1v) is 7.74. The van der Waals surface area contributed by atoms with E-state index in [0.29, 0.717) is 13.2 Å². The summed E-state index contributed by atoms with van der Waals surface area (Å²) in [6.07, 6.45) is 0. The van der Waals surface area contributed by atoms with E-state index in [-0.39, 0.29) is 5.60 Å². The van der Waals surface area contributed by atoms with Crippen LogP contribution < -0.4 is 4.90 Å². The normalized spacial score (nSPS) is 22.5. The fourth-order valence-corrected chi connectivity index (χ4v) is 3.26. The average molecular weight is 305 g/mol. The highest BCUT2D eigenvalue weighted by molar-refractivity contribution is 7.09. The van der Waals surface area contributed by atoms with Gasteiger partial charge in [0.25, 0.3) is 0 Å². The quantitative estimate of drug-likeness (QED) is 0.868. The minimum atomic E-state index is -0.313. The highest BCUT2D eigenvalue weighted by Gasteiger charge is 2.34. The predicted molar refractivity (Wildman–Crippen MR) is 82.6 cm³/mol. The summed E-state index contributed by atoms with van der Waals surface area (Å²) in [5, 5.41) is 0.938. The van der Waals surface area contributed by atoms with E-state index in [2.05, 4.69) is 33.3 Å². The molecular formula is C15H19N3O2S. The van der Waals surface area contributed by atoms with Crippen LogP contribution in [0.25, 0.3) is 0 Å². The second-order valence-electron chi connectivity index (χ2n) is 5.29. The summed E-state index contributed by atoms with van der Waals surface area (Å²) in [4.78, 5) is 6.78. The predicted octanol–water partition coefficient (Wildman–Crippen LogP) is 2.44. The lowest BCUT2D eigenvalue weighted by molar-refractivity contribution is -0.0466. The Morgan fingerprint density at radius 2 is 2.19 bits per heavy atom. The third-order valence-corrected chi connectivity index (χ3v) is 4.48. The number of anilines is 1. The Kier molecular flexibility index (Phi) is 4.19. The van der Waals surface area contributed by atoms with E-state index in [9.17, 15) is 0 Å². The van der Waals surface area contributed by atoms with Crippen LogP contribution in [0.15, 0.2) is 30.3 Å². The summed E-state index contributed by atoms with van der Waals surface area (Å²) < 4.78 is 15.4. The molecule has 1 fully saturated rings. The highest BCUT2D eigenvalue weighted by Crippen LogP contribution is 2.32. The van der Waals surface area contributed by atoms with Gasteiger partial charge in [-0.1, -0.05) is 30.3 Å². The van der Waals surface area contributed by atoms with E-state index in [1.165, 1.54) is 17.1 Å². The van der Waals surface area contributed by atoms with Crippen LogP contribution >= 0.6 is 11.5 Å². The molecule has 5 nitrogen and oxygen atoms in total. The lowest BCUT2D eigenvalue weighted by Gasteiger charge is -2.40. The molecule has 112 valence electrons. The van der Waals surface area contributed by atoms with Crippen molar-refractivity contribution in [3.63, 3.8) is 0 Å². The lowest BCUT2D eigenvalue weighted by atomic mass is 9.94. The number of rotatable bonds is 4. The van der Waals surface area contributed by atoms with Gasteiger partial charge in [-0.25, -0.2) is 4.98 Å². The largest absolute Gasteiger partial charge is 0.377 e. The van der Waals surface area contributed by atoms with Crippen molar-refractivity contribution in [2.75, 3.05) is 31.7 Å². The summed E-state index contributed by atoms with van der Waals surface area (Å²) in [5.41, 5.74) is 0.878. The van der Waals surface area contributed by atoms with Crippen LogP contribution in [0.4, 0.5) is 5.13 Å². The minimum Gasteiger partial charge on any atom is -0.377 e. The molecule has 2 aromatic rings. The Morgan fingerprint density at radius 1 is 1.38 bits per heavy atom. The average Bonchev–Trinajstić information content (AvgIpc) is 2.97.